The molecule has 2 aromatic heterocycles. The number of nitrogens with zero attached hydrogens (tertiary/aromatic N) is 5. The predicted molar refractivity (Wildman–Crippen MR) is 105 cm³/mol. The maximum Gasteiger partial charge on any atom is 0.163 e. The van der Waals surface area contributed by atoms with Crippen molar-refractivity contribution in [2.45, 2.75) is 43.6 Å². The summed E-state index contributed by atoms with van der Waals surface area (Å²) in [4.78, 5) is 12.0. The number of aromatic nitrogens is 4. The summed E-state index contributed by atoms with van der Waals surface area (Å²) in [5, 5.41) is 16.6. The molecule has 0 amide bonds. The number of rotatable bonds is 3. The van der Waals surface area contributed by atoms with Gasteiger partial charge in [-0.25, -0.2) is 9.97 Å². The van der Waals surface area contributed by atoms with Gasteiger partial charge in [0.2, 0.25) is 0 Å². The number of hydrogen-bond donors (Lipinski definition) is 1. The molecule has 1 aliphatic heterocycles. The molecule has 3 heterocycles. The van der Waals surface area contributed by atoms with Crippen LogP contribution in [0.2, 0.25) is 0 Å². The van der Waals surface area contributed by atoms with Crippen molar-refractivity contribution in [3.05, 3.63) is 47.9 Å². The lowest BCUT2D eigenvalue weighted by molar-refractivity contribution is 0.0606. The van der Waals surface area contributed by atoms with Crippen molar-refractivity contribution in [1.82, 2.24) is 19.7 Å². The van der Waals surface area contributed by atoms with Crippen molar-refractivity contribution < 1.29 is 5.11 Å². The Morgan fingerprint density at radius 1 is 1.11 bits per heavy atom. The third kappa shape index (κ3) is 2.79. The first kappa shape index (κ1) is 16.7. The van der Waals surface area contributed by atoms with E-state index in [1.54, 1.807) is 0 Å². The highest BCUT2D eigenvalue weighted by Crippen LogP contribution is 2.38. The summed E-state index contributed by atoms with van der Waals surface area (Å²) in [6.45, 7) is 1.32. The molecule has 1 aliphatic carbocycles. The molecule has 0 radical (unpaired) electrons. The normalized spacial score (nSPS) is 23.6. The summed E-state index contributed by atoms with van der Waals surface area (Å²) in [5.41, 5.74) is 1.02. The van der Waals surface area contributed by atoms with Gasteiger partial charge in [0.15, 0.2) is 5.65 Å². The fraction of sp³-hybridized carbons (Fsp3) is 0.476. The number of fused-ring (bicyclic) bond motifs is 1. The van der Waals surface area contributed by atoms with E-state index in [9.17, 15) is 5.11 Å². The van der Waals surface area contributed by atoms with Gasteiger partial charge in [0, 0.05) is 19.5 Å². The van der Waals surface area contributed by atoms with Gasteiger partial charge in [-0.1, -0.05) is 43.2 Å². The number of anilines is 1. The van der Waals surface area contributed by atoms with Crippen LogP contribution in [0.15, 0.2) is 36.5 Å². The number of aryl methyl sites for hydroxylation is 1. The summed E-state index contributed by atoms with van der Waals surface area (Å²) >= 11 is 0. The van der Waals surface area contributed by atoms with Gasteiger partial charge in [-0.15, -0.1) is 0 Å². The number of β-amino-alcohol motifs (C(OH)–C–C–N with tert-alkyl or cyclic N) is 1. The minimum absolute atomic E-state index is 0.443. The molecule has 0 spiro atoms. The molecule has 1 saturated heterocycles. The van der Waals surface area contributed by atoms with Crippen molar-refractivity contribution in [2.75, 3.05) is 18.0 Å². The van der Waals surface area contributed by atoms with E-state index < -0.39 is 5.60 Å². The first-order valence-corrected chi connectivity index (χ1v) is 9.86. The van der Waals surface area contributed by atoms with Crippen LogP contribution in [0, 0.1) is 0 Å². The highest BCUT2D eigenvalue weighted by molar-refractivity contribution is 5.87. The third-order valence-corrected chi connectivity index (χ3v) is 6.17. The summed E-state index contributed by atoms with van der Waals surface area (Å²) in [5.74, 6) is 2.30. The van der Waals surface area contributed by atoms with E-state index >= 15 is 0 Å². The van der Waals surface area contributed by atoms with Gasteiger partial charge < -0.3 is 10.0 Å². The fourth-order valence-electron chi connectivity index (χ4n) is 4.59. The molecular weight excluding hydrogens is 338 g/mol. The van der Waals surface area contributed by atoms with E-state index in [1.807, 2.05) is 48.3 Å². The van der Waals surface area contributed by atoms with Gasteiger partial charge in [0.05, 0.1) is 18.1 Å². The second-order valence-electron chi connectivity index (χ2n) is 7.96. The van der Waals surface area contributed by atoms with Crippen LogP contribution in [-0.2, 0) is 12.6 Å². The van der Waals surface area contributed by atoms with Crippen LogP contribution in [0.3, 0.4) is 0 Å². The van der Waals surface area contributed by atoms with Crippen LogP contribution >= 0.6 is 0 Å². The molecule has 6 heteroatoms. The van der Waals surface area contributed by atoms with Crippen LogP contribution in [0.25, 0.3) is 11.0 Å². The van der Waals surface area contributed by atoms with Crippen molar-refractivity contribution in [3.8, 4) is 0 Å². The van der Waals surface area contributed by atoms with E-state index in [2.05, 4.69) is 10.00 Å². The molecular formula is C21H25N5O. The molecule has 1 N–H and O–H groups in total. The molecule has 6 nitrogen and oxygen atoms in total. The van der Waals surface area contributed by atoms with Gasteiger partial charge in [0.25, 0.3) is 0 Å². The van der Waals surface area contributed by atoms with E-state index in [1.165, 1.54) is 12.8 Å². The zero-order valence-corrected chi connectivity index (χ0v) is 15.7. The quantitative estimate of drug-likeness (QED) is 0.774. The minimum atomic E-state index is -0.839. The topological polar surface area (TPSA) is 67.1 Å². The van der Waals surface area contributed by atoms with Crippen LogP contribution in [0.1, 0.15) is 49.4 Å². The van der Waals surface area contributed by atoms with Crippen LogP contribution < -0.4 is 4.90 Å². The van der Waals surface area contributed by atoms with Crippen molar-refractivity contribution in [2.24, 2.45) is 7.05 Å². The number of aliphatic hydroxyl groups is 1. The molecule has 140 valence electrons. The molecule has 0 bridgehead atoms. The number of benzene rings is 1. The van der Waals surface area contributed by atoms with Gasteiger partial charge in [-0.2, -0.15) is 5.10 Å². The van der Waals surface area contributed by atoms with Gasteiger partial charge in [0.1, 0.15) is 17.2 Å². The Hall–Kier alpha value is -2.47. The summed E-state index contributed by atoms with van der Waals surface area (Å²) < 4.78 is 1.83. The van der Waals surface area contributed by atoms with E-state index in [4.69, 9.17) is 9.97 Å². The predicted octanol–water partition coefficient (Wildman–Crippen LogP) is 3.12. The average molecular weight is 363 g/mol. The Kier molecular flexibility index (Phi) is 3.90. The third-order valence-electron chi connectivity index (χ3n) is 6.17. The van der Waals surface area contributed by atoms with Crippen LogP contribution in [0.4, 0.5) is 5.82 Å². The van der Waals surface area contributed by atoms with Gasteiger partial charge >= 0.3 is 0 Å². The highest BCUT2D eigenvalue weighted by Gasteiger charge is 2.39. The average Bonchev–Trinajstić information content (AvgIpc) is 3.43. The molecule has 3 aromatic rings. The lowest BCUT2D eigenvalue weighted by atomic mass is 9.93. The Labute approximate surface area is 158 Å². The lowest BCUT2D eigenvalue weighted by Gasteiger charge is -2.25. The van der Waals surface area contributed by atoms with Gasteiger partial charge in [-0.3, -0.25) is 4.68 Å². The standard InChI is InChI=1S/C21H25N5O/c1-25-19-17(13-22-25)20(24-18(23-19)15-7-5-6-8-15)26-12-11-21(27,14-26)16-9-3-2-4-10-16/h2-4,9-10,13,15,27H,5-8,11-12,14H2,1H3/t21-/m1/s1. The lowest BCUT2D eigenvalue weighted by Crippen LogP contribution is -2.31. The van der Waals surface area contributed by atoms with Crippen molar-refractivity contribution in [1.29, 1.82) is 0 Å². The largest absolute Gasteiger partial charge is 0.383 e. The van der Waals surface area contributed by atoms with E-state index in [0.29, 0.717) is 18.9 Å². The molecule has 1 saturated carbocycles. The van der Waals surface area contributed by atoms with E-state index in [0.717, 1.165) is 47.6 Å². The van der Waals surface area contributed by atoms with Gasteiger partial charge in [-0.05, 0) is 24.8 Å². The second-order valence-corrected chi connectivity index (χ2v) is 7.96. The Morgan fingerprint density at radius 2 is 1.89 bits per heavy atom. The zero-order chi connectivity index (χ0) is 18.4. The monoisotopic (exact) mass is 363 g/mol. The Bertz CT molecular complexity index is 963. The van der Waals surface area contributed by atoms with Crippen LogP contribution in [-0.4, -0.2) is 37.9 Å². The molecule has 27 heavy (non-hydrogen) atoms. The first-order chi connectivity index (χ1) is 13.1. The maximum absolute atomic E-state index is 11.2. The summed E-state index contributed by atoms with van der Waals surface area (Å²) in [6.07, 6.45) is 7.38. The van der Waals surface area contributed by atoms with Crippen molar-refractivity contribution in [3.63, 3.8) is 0 Å². The first-order valence-electron chi connectivity index (χ1n) is 9.86. The fourth-order valence-corrected chi connectivity index (χ4v) is 4.59. The van der Waals surface area contributed by atoms with Crippen LogP contribution in [0.5, 0.6) is 0 Å². The second kappa shape index (κ2) is 6.30. The Morgan fingerprint density at radius 3 is 2.67 bits per heavy atom. The van der Waals surface area contributed by atoms with E-state index in [-0.39, 0.29) is 0 Å². The highest BCUT2D eigenvalue weighted by atomic mass is 16.3. The zero-order valence-electron chi connectivity index (χ0n) is 15.7. The number of hydrogen-bond acceptors (Lipinski definition) is 5. The summed E-state index contributed by atoms with van der Waals surface area (Å²) in [7, 11) is 1.93. The van der Waals surface area contributed by atoms with Crippen molar-refractivity contribution >= 4 is 16.9 Å². The molecule has 2 fully saturated rings. The molecule has 1 atom stereocenters. The maximum atomic E-state index is 11.2. The minimum Gasteiger partial charge on any atom is -0.383 e. The summed E-state index contributed by atoms with van der Waals surface area (Å²) in [6, 6.07) is 9.97. The SMILES string of the molecule is Cn1ncc2c(N3CC[C@](O)(c4ccccc4)C3)nc(C3CCCC3)nc21. The molecule has 0 unspecified atom stereocenters. The smallest absolute Gasteiger partial charge is 0.163 e. The molecule has 1 aromatic carbocycles. The molecule has 2 aliphatic rings. The Balaban J connectivity index is 1.55. The molecule has 5 rings (SSSR count).